The molecule has 0 saturated carbocycles. The van der Waals surface area contributed by atoms with E-state index in [0.29, 0.717) is 38.8 Å². The number of ether oxygens (including phenoxy) is 1. The van der Waals surface area contributed by atoms with E-state index in [-0.39, 0.29) is 17.4 Å². The zero-order chi connectivity index (χ0) is 27.5. The van der Waals surface area contributed by atoms with E-state index < -0.39 is 11.8 Å². The number of carbonyl (C=O) groups is 2. The Hall–Kier alpha value is -4.75. The maximum Gasteiger partial charge on any atom is 0.309 e. The smallest absolute Gasteiger partial charge is 0.309 e. The van der Waals surface area contributed by atoms with Crippen LogP contribution in [0.3, 0.4) is 0 Å². The van der Waals surface area contributed by atoms with E-state index >= 15 is 4.39 Å². The van der Waals surface area contributed by atoms with Gasteiger partial charge in [-0.15, -0.1) is 0 Å². The van der Waals surface area contributed by atoms with Gasteiger partial charge in [0.2, 0.25) is 5.88 Å². The van der Waals surface area contributed by atoms with Gasteiger partial charge in [-0.2, -0.15) is 9.78 Å². The van der Waals surface area contributed by atoms with Crippen LogP contribution in [0.5, 0.6) is 5.88 Å². The molecule has 0 bridgehead atoms. The van der Waals surface area contributed by atoms with Crippen molar-refractivity contribution in [2.45, 2.75) is 13.8 Å². The highest BCUT2D eigenvalue weighted by molar-refractivity contribution is 6.30. The predicted octanol–water partition coefficient (Wildman–Crippen LogP) is 7.48. The quantitative estimate of drug-likeness (QED) is 0.227. The first-order chi connectivity index (χ1) is 18.8. The van der Waals surface area contributed by atoms with Gasteiger partial charge in [0.25, 0.3) is 5.91 Å². The van der Waals surface area contributed by atoms with Crippen LogP contribution >= 0.6 is 11.6 Å². The summed E-state index contributed by atoms with van der Waals surface area (Å²) in [6.07, 6.45) is 0. The maximum atomic E-state index is 15.0. The average molecular weight is 540 g/mol. The Morgan fingerprint density at radius 2 is 1.56 bits per heavy atom. The number of carbonyl (C=O) groups excluding carboxylic acids is 2. The molecular weight excluding hydrogens is 517 g/mol. The Morgan fingerprint density at radius 3 is 2.23 bits per heavy atom. The molecule has 4 aromatic carbocycles. The lowest BCUT2D eigenvalue weighted by atomic mass is 10.0. The maximum absolute atomic E-state index is 15.0. The molecular formula is C31H23ClFN3O3. The van der Waals surface area contributed by atoms with Crippen LogP contribution in [0.25, 0.3) is 28.1 Å². The molecule has 5 rings (SSSR count). The van der Waals surface area contributed by atoms with Gasteiger partial charge in [0.1, 0.15) is 11.5 Å². The van der Waals surface area contributed by atoms with E-state index in [9.17, 15) is 9.59 Å². The molecule has 39 heavy (non-hydrogen) atoms. The number of amides is 1. The van der Waals surface area contributed by atoms with Gasteiger partial charge in [0, 0.05) is 28.8 Å². The molecule has 1 amide bonds. The standard InChI is InChI=1S/C31H23ClFN3O3/c1-19-7-3-6-10-27(19)36-31(39-20(2)37)28(29(35-36)25-8-4-5-9-26(25)33)21-13-17-24(18-14-21)34-30(38)22-11-15-23(32)16-12-22/h3-18H,1-2H3,(H,34,38). The van der Waals surface area contributed by atoms with Gasteiger partial charge in [0.15, 0.2) is 0 Å². The Morgan fingerprint density at radius 1 is 0.897 bits per heavy atom. The Labute approximate surface area is 229 Å². The van der Waals surface area contributed by atoms with Gasteiger partial charge in [-0.3, -0.25) is 9.59 Å². The molecule has 0 radical (unpaired) electrons. The zero-order valence-electron chi connectivity index (χ0n) is 21.1. The van der Waals surface area contributed by atoms with Crippen LogP contribution in [-0.2, 0) is 4.79 Å². The van der Waals surface area contributed by atoms with Crippen molar-refractivity contribution in [1.29, 1.82) is 0 Å². The van der Waals surface area contributed by atoms with E-state index in [0.717, 1.165) is 5.56 Å². The third-order valence-corrected chi connectivity index (χ3v) is 6.35. The summed E-state index contributed by atoms with van der Waals surface area (Å²) in [5.41, 5.74) is 4.21. The minimum atomic E-state index is -0.544. The second-order valence-corrected chi connectivity index (χ2v) is 9.28. The van der Waals surface area contributed by atoms with Gasteiger partial charge >= 0.3 is 5.97 Å². The highest BCUT2D eigenvalue weighted by atomic mass is 35.5. The molecule has 194 valence electrons. The number of halogens is 2. The van der Waals surface area contributed by atoms with Gasteiger partial charge in [-0.25, -0.2) is 4.39 Å². The fourth-order valence-corrected chi connectivity index (χ4v) is 4.35. The number of para-hydroxylation sites is 1. The molecule has 0 aliphatic rings. The molecule has 1 aromatic heterocycles. The number of esters is 1. The molecule has 0 saturated heterocycles. The van der Waals surface area contributed by atoms with Crippen molar-refractivity contribution in [3.63, 3.8) is 0 Å². The fourth-order valence-electron chi connectivity index (χ4n) is 4.22. The average Bonchev–Trinajstić information content (AvgIpc) is 3.28. The third kappa shape index (κ3) is 5.44. The number of hydrogen-bond acceptors (Lipinski definition) is 4. The summed E-state index contributed by atoms with van der Waals surface area (Å²) < 4.78 is 22.3. The van der Waals surface area contributed by atoms with Crippen LogP contribution in [0, 0.1) is 12.7 Å². The summed E-state index contributed by atoms with van der Waals surface area (Å²) in [6.45, 7) is 3.21. The van der Waals surface area contributed by atoms with Crippen LogP contribution < -0.4 is 10.1 Å². The van der Waals surface area contributed by atoms with E-state index in [2.05, 4.69) is 5.32 Å². The van der Waals surface area contributed by atoms with Crippen molar-refractivity contribution in [1.82, 2.24) is 9.78 Å². The summed E-state index contributed by atoms with van der Waals surface area (Å²) in [4.78, 5) is 24.9. The van der Waals surface area contributed by atoms with Crippen LogP contribution in [-0.4, -0.2) is 21.7 Å². The molecule has 1 heterocycles. The number of anilines is 1. The lowest BCUT2D eigenvalue weighted by Crippen LogP contribution is -2.11. The Balaban J connectivity index is 1.63. The number of aromatic nitrogens is 2. The van der Waals surface area contributed by atoms with Crippen LogP contribution in [0.4, 0.5) is 10.1 Å². The van der Waals surface area contributed by atoms with E-state index in [1.807, 2.05) is 31.2 Å². The first kappa shape index (κ1) is 25.9. The van der Waals surface area contributed by atoms with E-state index in [4.69, 9.17) is 21.4 Å². The second-order valence-electron chi connectivity index (χ2n) is 8.84. The molecule has 6 nitrogen and oxygen atoms in total. The second kappa shape index (κ2) is 10.9. The van der Waals surface area contributed by atoms with E-state index in [1.165, 1.54) is 17.7 Å². The number of rotatable bonds is 6. The van der Waals surface area contributed by atoms with Gasteiger partial charge < -0.3 is 10.1 Å². The molecule has 8 heteroatoms. The summed E-state index contributed by atoms with van der Waals surface area (Å²) in [5.74, 6) is -1.14. The molecule has 0 unspecified atom stereocenters. The normalized spacial score (nSPS) is 10.8. The lowest BCUT2D eigenvalue weighted by Gasteiger charge is -2.12. The number of benzene rings is 4. The fraction of sp³-hybridized carbons (Fsp3) is 0.0645. The Kier molecular flexibility index (Phi) is 7.25. The molecule has 5 aromatic rings. The first-order valence-corrected chi connectivity index (χ1v) is 12.5. The molecule has 0 atom stereocenters. The number of nitrogens with zero attached hydrogens (tertiary/aromatic N) is 2. The van der Waals surface area contributed by atoms with Crippen molar-refractivity contribution in [2.75, 3.05) is 5.32 Å². The minimum absolute atomic E-state index is 0.160. The minimum Gasteiger partial charge on any atom is -0.407 e. The van der Waals surface area contributed by atoms with Crippen molar-refractivity contribution < 1.29 is 18.7 Å². The molecule has 0 aliphatic carbocycles. The SMILES string of the molecule is CC(=O)Oc1c(-c2ccc(NC(=O)c3ccc(Cl)cc3)cc2)c(-c2ccccc2F)nn1-c1ccccc1C. The summed E-state index contributed by atoms with van der Waals surface area (Å²) in [6, 6.07) is 27.3. The van der Waals surface area contributed by atoms with Crippen molar-refractivity contribution >= 4 is 29.2 Å². The zero-order valence-corrected chi connectivity index (χ0v) is 21.9. The van der Waals surface area contributed by atoms with Crippen LogP contribution in [0.15, 0.2) is 97.1 Å². The topological polar surface area (TPSA) is 73.2 Å². The summed E-state index contributed by atoms with van der Waals surface area (Å²) in [7, 11) is 0. The first-order valence-electron chi connectivity index (χ1n) is 12.1. The summed E-state index contributed by atoms with van der Waals surface area (Å²) in [5, 5.41) is 8.13. The van der Waals surface area contributed by atoms with E-state index in [1.54, 1.807) is 66.7 Å². The highest BCUT2D eigenvalue weighted by Gasteiger charge is 2.26. The number of aryl methyl sites for hydroxylation is 1. The highest BCUT2D eigenvalue weighted by Crippen LogP contribution is 2.42. The van der Waals surface area contributed by atoms with Gasteiger partial charge in [0.05, 0.1) is 11.3 Å². The number of nitrogens with one attached hydrogen (secondary N) is 1. The van der Waals surface area contributed by atoms with Crippen LogP contribution in [0.1, 0.15) is 22.8 Å². The van der Waals surface area contributed by atoms with Crippen molar-refractivity contribution in [3.8, 4) is 34.0 Å². The molecule has 0 spiro atoms. The van der Waals surface area contributed by atoms with Gasteiger partial charge in [-0.05, 0) is 72.6 Å². The molecule has 0 fully saturated rings. The lowest BCUT2D eigenvalue weighted by molar-refractivity contribution is -0.132. The Bertz CT molecular complexity index is 1680. The third-order valence-electron chi connectivity index (χ3n) is 6.09. The van der Waals surface area contributed by atoms with Crippen molar-refractivity contribution in [2.24, 2.45) is 0 Å². The van der Waals surface area contributed by atoms with Crippen molar-refractivity contribution in [3.05, 3.63) is 119 Å². The van der Waals surface area contributed by atoms with Gasteiger partial charge in [-0.1, -0.05) is 54.1 Å². The monoisotopic (exact) mass is 539 g/mol. The number of hydrogen-bond donors (Lipinski definition) is 1. The molecule has 0 aliphatic heterocycles. The molecule has 1 N–H and O–H groups in total. The summed E-state index contributed by atoms with van der Waals surface area (Å²) >= 11 is 5.92. The predicted molar refractivity (Wildman–Crippen MR) is 150 cm³/mol. The largest absolute Gasteiger partial charge is 0.407 e. The van der Waals surface area contributed by atoms with Crippen LogP contribution in [0.2, 0.25) is 5.02 Å².